The summed E-state index contributed by atoms with van der Waals surface area (Å²) in [5, 5.41) is 7.20. The smallest absolute Gasteiger partial charge is 0.258 e. The van der Waals surface area contributed by atoms with Crippen LogP contribution in [0, 0.1) is 6.92 Å². The predicted molar refractivity (Wildman–Crippen MR) is 116 cm³/mol. The molecule has 0 radical (unpaired) electrons. The molecular weight excluding hydrogens is 390 g/mol. The number of carbonyl (C=O) groups is 1. The van der Waals surface area contributed by atoms with Gasteiger partial charge in [-0.25, -0.2) is 19.5 Å². The molecule has 0 aliphatic heterocycles. The lowest BCUT2D eigenvalue weighted by molar-refractivity contribution is 0.102. The molecule has 0 aliphatic carbocycles. The first-order chi connectivity index (χ1) is 15.2. The second-order valence-corrected chi connectivity index (χ2v) is 6.93. The van der Waals surface area contributed by atoms with Crippen LogP contribution in [0.5, 0.6) is 0 Å². The monoisotopic (exact) mass is 407 g/mol. The summed E-state index contributed by atoms with van der Waals surface area (Å²) in [5.41, 5.74) is 5.34. The third-order valence-corrected chi connectivity index (χ3v) is 4.75. The van der Waals surface area contributed by atoms with Gasteiger partial charge >= 0.3 is 0 Å². The zero-order chi connectivity index (χ0) is 21.2. The van der Waals surface area contributed by atoms with Gasteiger partial charge < -0.3 is 0 Å². The number of nitrogens with one attached hydrogen (secondary N) is 1. The van der Waals surface area contributed by atoms with Crippen LogP contribution in [-0.4, -0.2) is 35.5 Å². The first-order valence-corrected chi connectivity index (χ1v) is 9.64. The van der Waals surface area contributed by atoms with E-state index in [1.165, 1.54) is 0 Å². The second-order valence-electron chi connectivity index (χ2n) is 6.93. The lowest BCUT2D eigenvalue weighted by Gasteiger charge is -2.07. The van der Waals surface area contributed by atoms with Crippen molar-refractivity contribution < 1.29 is 4.79 Å². The van der Waals surface area contributed by atoms with Crippen molar-refractivity contribution in [1.29, 1.82) is 0 Å². The van der Waals surface area contributed by atoms with E-state index in [0.717, 1.165) is 22.5 Å². The molecule has 4 aromatic heterocycles. The van der Waals surface area contributed by atoms with Gasteiger partial charge in [0.2, 0.25) is 5.95 Å². The number of aryl methyl sites for hydroxylation is 1. The largest absolute Gasteiger partial charge is 0.290 e. The Morgan fingerprint density at radius 1 is 0.935 bits per heavy atom. The molecule has 5 rings (SSSR count). The number of carbonyl (C=O) groups excluding carboxylic acids is 1. The predicted octanol–water partition coefficient (Wildman–Crippen LogP) is 3.81. The van der Waals surface area contributed by atoms with Crippen LogP contribution in [0.15, 0.2) is 79.4 Å². The maximum atomic E-state index is 12.5. The van der Waals surface area contributed by atoms with Gasteiger partial charge in [-0.3, -0.25) is 15.1 Å². The maximum Gasteiger partial charge on any atom is 0.258 e. The molecule has 0 aliphatic rings. The molecule has 0 spiro atoms. The molecule has 8 heteroatoms. The Balaban J connectivity index is 1.60. The molecule has 1 amide bonds. The van der Waals surface area contributed by atoms with Gasteiger partial charge in [-0.15, -0.1) is 0 Å². The highest BCUT2D eigenvalue weighted by Crippen LogP contribution is 2.31. The zero-order valence-electron chi connectivity index (χ0n) is 16.6. The van der Waals surface area contributed by atoms with Crippen LogP contribution in [0.4, 0.5) is 5.95 Å². The summed E-state index contributed by atoms with van der Waals surface area (Å²) in [7, 11) is 0. The average molecular weight is 407 g/mol. The highest BCUT2D eigenvalue weighted by Gasteiger charge is 2.19. The third kappa shape index (κ3) is 3.62. The number of pyridine rings is 1. The summed E-state index contributed by atoms with van der Waals surface area (Å²) in [5.74, 6) is -0.116. The summed E-state index contributed by atoms with van der Waals surface area (Å²) >= 11 is 0. The molecule has 150 valence electrons. The number of imidazole rings is 1. The zero-order valence-corrected chi connectivity index (χ0v) is 16.6. The Labute approximate surface area is 177 Å². The van der Waals surface area contributed by atoms with Crippen molar-refractivity contribution in [3.05, 3.63) is 90.5 Å². The van der Waals surface area contributed by atoms with Gasteiger partial charge in [0.15, 0.2) is 5.65 Å². The molecule has 0 bridgehead atoms. The number of benzene rings is 1. The highest BCUT2D eigenvalue weighted by molar-refractivity contribution is 6.03. The first-order valence-electron chi connectivity index (χ1n) is 9.64. The van der Waals surface area contributed by atoms with Crippen molar-refractivity contribution in [2.75, 3.05) is 5.32 Å². The fraction of sp³-hybridized carbons (Fsp3) is 0.0435. The Kier molecular flexibility index (Phi) is 4.64. The standard InChI is InChI=1S/C23H17N7O/c1-15-4-2-5-17(14-15)20-21(30-19(28-20)6-3-10-26-30)18-9-13-25-23(27-18)29-22(31)16-7-11-24-12-8-16/h2-14H,1H3,(H,25,27,29,31). The van der Waals surface area contributed by atoms with Gasteiger partial charge in [-0.05, 0) is 43.3 Å². The molecule has 1 N–H and O–H groups in total. The van der Waals surface area contributed by atoms with E-state index in [0.29, 0.717) is 16.9 Å². The number of amides is 1. The van der Waals surface area contributed by atoms with Gasteiger partial charge in [0, 0.05) is 35.9 Å². The van der Waals surface area contributed by atoms with E-state index < -0.39 is 0 Å². The fourth-order valence-electron chi connectivity index (χ4n) is 3.34. The lowest BCUT2D eigenvalue weighted by Crippen LogP contribution is -2.14. The molecule has 0 atom stereocenters. The van der Waals surface area contributed by atoms with Gasteiger partial charge in [0.05, 0.1) is 5.69 Å². The van der Waals surface area contributed by atoms with Crippen molar-refractivity contribution in [1.82, 2.24) is 29.5 Å². The number of rotatable bonds is 4. The van der Waals surface area contributed by atoms with E-state index in [9.17, 15) is 4.79 Å². The van der Waals surface area contributed by atoms with Gasteiger partial charge in [-0.2, -0.15) is 5.10 Å². The Hall–Kier alpha value is -4.46. The highest BCUT2D eigenvalue weighted by atomic mass is 16.1. The number of hydrogen-bond donors (Lipinski definition) is 1. The molecular formula is C23H17N7O. The quantitative estimate of drug-likeness (QED) is 0.486. The van der Waals surface area contributed by atoms with Crippen LogP contribution in [0.3, 0.4) is 0 Å². The number of nitrogens with zero attached hydrogens (tertiary/aromatic N) is 6. The average Bonchev–Trinajstić information content (AvgIpc) is 3.19. The minimum Gasteiger partial charge on any atom is -0.290 e. The minimum absolute atomic E-state index is 0.195. The molecule has 4 heterocycles. The van der Waals surface area contributed by atoms with E-state index in [1.807, 2.05) is 37.3 Å². The van der Waals surface area contributed by atoms with Crippen LogP contribution >= 0.6 is 0 Å². The van der Waals surface area contributed by atoms with E-state index in [1.54, 1.807) is 47.5 Å². The van der Waals surface area contributed by atoms with E-state index in [-0.39, 0.29) is 11.9 Å². The number of fused-ring (bicyclic) bond motifs is 1. The molecule has 0 unspecified atom stereocenters. The summed E-state index contributed by atoms with van der Waals surface area (Å²) < 4.78 is 1.74. The van der Waals surface area contributed by atoms with Gasteiger partial charge in [-0.1, -0.05) is 23.8 Å². The fourth-order valence-corrected chi connectivity index (χ4v) is 3.34. The van der Waals surface area contributed by atoms with E-state index >= 15 is 0 Å². The summed E-state index contributed by atoms with van der Waals surface area (Å²) in [4.78, 5) is 30.0. The van der Waals surface area contributed by atoms with E-state index in [4.69, 9.17) is 4.98 Å². The van der Waals surface area contributed by atoms with Crippen molar-refractivity contribution in [2.45, 2.75) is 6.92 Å². The van der Waals surface area contributed by atoms with Crippen LogP contribution in [0.2, 0.25) is 0 Å². The minimum atomic E-state index is -0.310. The van der Waals surface area contributed by atoms with Crippen molar-refractivity contribution in [3.8, 4) is 22.6 Å². The van der Waals surface area contributed by atoms with Crippen LogP contribution in [-0.2, 0) is 0 Å². The van der Waals surface area contributed by atoms with Crippen molar-refractivity contribution >= 4 is 17.5 Å². The number of aromatic nitrogens is 6. The Morgan fingerprint density at radius 3 is 2.65 bits per heavy atom. The Bertz CT molecular complexity index is 1400. The molecule has 5 aromatic rings. The summed E-state index contributed by atoms with van der Waals surface area (Å²) in [6, 6.07) is 16.9. The number of anilines is 1. The third-order valence-electron chi connectivity index (χ3n) is 4.75. The molecule has 0 saturated heterocycles. The summed E-state index contributed by atoms with van der Waals surface area (Å²) in [6.07, 6.45) is 6.42. The van der Waals surface area contributed by atoms with Gasteiger partial charge in [0.1, 0.15) is 11.4 Å². The molecule has 1 aromatic carbocycles. The summed E-state index contributed by atoms with van der Waals surface area (Å²) in [6.45, 7) is 2.04. The first kappa shape index (κ1) is 18.6. The van der Waals surface area contributed by atoms with E-state index in [2.05, 4.69) is 31.4 Å². The number of hydrogen-bond acceptors (Lipinski definition) is 6. The van der Waals surface area contributed by atoms with Crippen molar-refractivity contribution in [2.24, 2.45) is 0 Å². The molecule has 31 heavy (non-hydrogen) atoms. The molecule has 8 nitrogen and oxygen atoms in total. The normalized spacial score (nSPS) is 10.9. The van der Waals surface area contributed by atoms with Crippen molar-refractivity contribution in [3.63, 3.8) is 0 Å². The maximum absolute atomic E-state index is 12.5. The SMILES string of the molecule is Cc1cccc(-c2nc3cccnn3c2-c2ccnc(NC(=O)c3ccncc3)n2)c1. The van der Waals surface area contributed by atoms with Crippen LogP contribution in [0.1, 0.15) is 15.9 Å². The second kappa shape index (κ2) is 7.75. The Morgan fingerprint density at radius 2 is 1.81 bits per heavy atom. The topological polar surface area (TPSA) is 98.0 Å². The van der Waals surface area contributed by atoms with Gasteiger partial charge in [0.25, 0.3) is 5.91 Å². The van der Waals surface area contributed by atoms with Crippen LogP contribution < -0.4 is 5.32 Å². The molecule has 0 saturated carbocycles. The molecule has 0 fully saturated rings. The lowest BCUT2D eigenvalue weighted by atomic mass is 10.1. The van der Waals surface area contributed by atoms with Crippen LogP contribution in [0.25, 0.3) is 28.3 Å².